The van der Waals surface area contributed by atoms with E-state index in [1.165, 1.54) is 11.1 Å². The Labute approximate surface area is 177 Å². The van der Waals surface area contributed by atoms with Gasteiger partial charge in [0.05, 0.1) is 13.2 Å². The summed E-state index contributed by atoms with van der Waals surface area (Å²) in [5.41, 5.74) is 2.58. The summed E-state index contributed by atoms with van der Waals surface area (Å²) in [6.07, 6.45) is 4.85. The molecular weight excluding hydrogens is 360 g/mol. The molecular formula is C25H38N2O2. The van der Waals surface area contributed by atoms with Crippen LogP contribution in [0.3, 0.4) is 0 Å². The predicted molar refractivity (Wildman–Crippen MR) is 120 cm³/mol. The second-order valence-electron chi connectivity index (χ2n) is 10.3. The van der Waals surface area contributed by atoms with Crippen LogP contribution >= 0.6 is 0 Å². The average molecular weight is 399 g/mol. The minimum Gasteiger partial charge on any atom is -0.477 e. The third kappa shape index (κ3) is 7.68. The molecule has 0 saturated carbocycles. The van der Waals surface area contributed by atoms with Crippen LogP contribution in [0.25, 0.3) is 0 Å². The van der Waals surface area contributed by atoms with Gasteiger partial charge in [-0.05, 0) is 40.2 Å². The molecule has 2 rings (SSSR count). The number of pyridine rings is 2. The van der Waals surface area contributed by atoms with Crippen LogP contribution < -0.4 is 9.47 Å². The average Bonchev–Trinajstić information content (AvgIpc) is 2.64. The molecule has 0 bridgehead atoms. The van der Waals surface area contributed by atoms with Gasteiger partial charge in [-0.2, -0.15) is 0 Å². The maximum Gasteiger partial charge on any atom is 0.213 e. The maximum absolute atomic E-state index is 5.92. The number of ether oxygens (including phenoxy) is 2. The summed E-state index contributed by atoms with van der Waals surface area (Å²) in [4.78, 5) is 8.93. The number of hydrogen-bond acceptors (Lipinski definition) is 4. The minimum atomic E-state index is 0.00720. The zero-order valence-electron chi connectivity index (χ0n) is 19.5. The van der Waals surface area contributed by atoms with Gasteiger partial charge in [0, 0.05) is 24.5 Å². The highest BCUT2D eigenvalue weighted by Gasteiger charge is 2.24. The highest BCUT2D eigenvalue weighted by molar-refractivity contribution is 5.25. The fraction of sp³-hybridized carbons (Fsp3) is 0.600. The minimum absolute atomic E-state index is 0.00720. The van der Waals surface area contributed by atoms with E-state index in [4.69, 9.17) is 9.47 Å². The van der Waals surface area contributed by atoms with Gasteiger partial charge in [-0.3, -0.25) is 0 Å². The molecule has 2 aromatic rings. The van der Waals surface area contributed by atoms with Crippen molar-refractivity contribution in [2.45, 2.75) is 73.1 Å². The lowest BCUT2D eigenvalue weighted by molar-refractivity contribution is 0.191. The first-order valence-corrected chi connectivity index (χ1v) is 10.6. The summed E-state index contributed by atoms with van der Waals surface area (Å²) in [7, 11) is 0. The predicted octanol–water partition coefficient (Wildman–Crippen LogP) is 6.41. The van der Waals surface area contributed by atoms with Gasteiger partial charge < -0.3 is 9.47 Å². The zero-order chi connectivity index (χ0) is 21.7. The number of aromatic nitrogens is 2. The fourth-order valence-electron chi connectivity index (χ4n) is 3.25. The van der Waals surface area contributed by atoms with Crippen molar-refractivity contribution < 1.29 is 9.47 Å². The van der Waals surface area contributed by atoms with Gasteiger partial charge in [0.1, 0.15) is 0 Å². The van der Waals surface area contributed by atoms with Crippen LogP contribution in [0.4, 0.5) is 0 Å². The Morgan fingerprint density at radius 1 is 0.828 bits per heavy atom. The lowest BCUT2D eigenvalue weighted by atomic mass is 9.78. The molecule has 0 aromatic carbocycles. The lowest BCUT2D eigenvalue weighted by Crippen LogP contribution is -2.24. The maximum atomic E-state index is 5.92. The van der Waals surface area contributed by atoms with Crippen LogP contribution in [-0.4, -0.2) is 23.2 Å². The summed E-state index contributed by atoms with van der Waals surface area (Å²) >= 11 is 0. The highest BCUT2D eigenvalue weighted by Crippen LogP contribution is 2.31. The molecule has 2 aromatic heterocycles. The van der Waals surface area contributed by atoms with E-state index in [1.54, 1.807) is 0 Å². The summed E-state index contributed by atoms with van der Waals surface area (Å²) in [5, 5.41) is 0. The molecule has 0 N–H and O–H groups in total. The summed E-state index contributed by atoms with van der Waals surface area (Å²) < 4.78 is 11.7. The van der Waals surface area contributed by atoms with Gasteiger partial charge in [0.15, 0.2) is 0 Å². The van der Waals surface area contributed by atoms with Crippen molar-refractivity contribution in [3.63, 3.8) is 0 Å². The van der Waals surface area contributed by atoms with Gasteiger partial charge in [0.2, 0.25) is 11.8 Å². The molecule has 0 aliphatic heterocycles. The van der Waals surface area contributed by atoms with Crippen LogP contribution in [0.5, 0.6) is 11.8 Å². The molecule has 4 nitrogen and oxygen atoms in total. The molecule has 2 heterocycles. The van der Waals surface area contributed by atoms with Crippen LogP contribution in [-0.2, 0) is 5.41 Å². The zero-order valence-corrected chi connectivity index (χ0v) is 19.5. The van der Waals surface area contributed by atoms with Crippen LogP contribution in [0.1, 0.15) is 78.9 Å². The lowest BCUT2D eigenvalue weighted by Gasteiger charge is -2.28. The quantitative estimate of drug-likeness (QED) is 0.490. The Bertz CT molecular complexity index is 744. The van der Waals surface area contributed by atoms with E-state index in [0.29, 0.717) is 36.8 Å². The van der Waals surface area contributed by atoms with Crippen molar-refractivity contribution in [1.29, 1.82) is 0 Å². The van der Waals surface area contributed by atoms with Gasteiger partial charge in [0.25, 0.3) is 0 Å². The summed E-state index contributed by atoms with van der Waals surface area (Å²) in [5.74, 6) is 2.26. The molecule has 0 amide bonds. The van der Waals surface area contributed by atoms with Gasteiger partial charge in [-0.25, -0.2) is 9.97 Å². The molecule has 1 unspecified atom stereocenters. The van der Waals surface area contributed by atoms with Gasteiger partial charge in [-0.15, -0.1) is 0 Å². The second kappa shape index (κ2) is 9.60. The molecule has 0 spiro atoms. The third-order valence-electron chi connectivity index (χ3n) is 4.97. The van der Waals surface area contributed by atoms with E-state index in [9.17, 15) is 0 Å². The van der Waals surface area contributed by atoms with E-state index < -0.39 is 0 Å². The van der Waals surface area contributed by atoms with Crippen molar-refractivity contribution in [3.8, 4) is 11.8 Å². The van der Waals surface area contributed by atoms with Crippen LogP contribution in [0.2, 0.25) is 0 Å². The number of nitrogens with zero attached hydrogens (tertiary/aromatic N) is 2. The van der Waals surface area contributed by atoms with Crippen molar-refractivity contribution in [1.82, 2.24) is 9.97 Å². The monoisotopic (exact) mass is 398 g/mol. The molecule has 1 atom stereocenters. The van der Waals surface area contributed by atoms with Crippen molar-refractivity contribution >= 4 is 0 Å². The van der Waals surface area contributed by atoms with E-state index in [1.807, 2.05) is 24.5 Å². The Kier molecular flexibility index (Phi) is 7.67. The second-order valence-corrected chi connectivity index (χ2v) is 10.3. The third-order valence-corrected chi connectivity index (χ3v) is 4.97. The van der Waals surface area contributed by atoms with E-state index in [0.717, 1.165) is 6.42 Å². The molecule has 0 saturated heterocycles. The molecule has 0 aliphatic rings. The number of hydrogen-bond donors (Lipinski definition) is 0. The van der Waals surface area contributed by atoms with Gasteiger partial charge >= 0.3 is 0 Å². The molecule has 29 heavy (non-hydrogen) atoms. The van der Waals surface area contributed by atoms with Crippen LogP contribution in [0.15, 0.2) is 36.7 Å². The molecule has 160 valence electrons. The Balaban J connectivity index is 1.88. The largest absolute Gasteiger partial charge is 0.477 e. The number of rotatable bonds is 9. The van der Waals surface area contributed by atoms with Crippen molar-refractivity contribution in [3.05, 3.63) is 47.8 Å². The normalized spacial score (nSPS) is 13.4. The Morgan fingerprint density at radius 3 is 1.97 bits per heavy atom. The molecule has 4 heteroatoms. The highest BCUT2D eigenvalue weighted by atomic mass is 16.5. The standard InChI is InChI=1S/C25H38N2O2/c1-18(2)20-9-11-22(26-14-20)28-16-19(3)13-25(7,8)21-10-12-23(27-15-21)29-17-24(4,5)6/h9-12,14-15,18-19H,13,16-17H2,1-8H3. The first kappa shape index (κ1) is 23.2. The summed E-state index contributed by atoms with van der Waals surface area (Å²) in [6, 6.07) is 8.17. The van der Waals surface area contributed by atoms with E-state index >= 15 is 0 Å². The van der Waals surface area contributed by atoms with E-state index in [-0.39, 0.29) is 10.8 Å². The van der Waals surface area contributed by atoms with Gasteiger partial charge in [-0.1, -0.05) is 67.5 Å². The summed E-state index contributed by atoms with van der Waals surface area (Å²) in [6.45, 7) is 18.8. The van der Waals surface area contributed by atoms with Crippen molar-refractivity contribution in [2.24, 2.45) is 11.3 Å². The van der Waals surface area contributed by atoms with Crippen LogP contribution in [0, 0.1) is 11.3 Å². The van der Waals surface area contributed by atoms with Crippen molar-refractivity contribution in [2.75, 3.05) is 13.2 Å². The smallest absolute Gasteiger partial charge is 0.213 e. The first-order valence-electron chi connectivity index (χ1n) is 10.6. The fourth-order valence-corrected chi connectivity index (χ4v) is 3.25. The van der Waals surface area contributed by atoms with E-state index in [2.05, 4.69) is 77.5 Å². The topological polar surface area (TPSA) is 44.2 Å². The molecule has 0 radical (unpaired) electrons. The Hall–Kier alpha value is -2.10. The SMILES string of the molecule is CC(COc1ccc(C(C)C)cn1)CC(C)(C)c1ccc(OCC(C)(C)C)nc1. The Morgan fingerprint density at radius 2 is 1.45 bits per heavy atom. The molecule has 0 aliphatic carbocycles. The first-order chi connectivity index (χ1) is 13.5. The molecule has 0 fully saturated rings.